The minimum Gasteiger partial charge on any atom is -0.369 e. The van der Waals surface area contributed by atoms with Crippen LogP contribution in [0.15, 0.2) is 36.4 Å². The number of hydrogen-bond donors (Lipinski definition) is 1. The van der Waals surface area contributed by atoms with Gasteiger partial charge in [0.1, 0.15) is 0 Å². The lowest BCUT2D eigenvalue weighted by Crippen LogP contribution is -2.00. The molecule has 0 aliphatic rings. The van der Waals surface area contributed by atoms with Gasteiger partial charge < -0.3 is 5.73 Å². The van der Waals surface area contributed by atoms with E-state index in [1.807, 2.05) is 12.1 Å². The van der Waals surface area contributed by atoms with E-state index in [1.54, 1.807) is 28.8 Å². The van der Waals surface area contributed by atoms with Crippen molar-refractivity contribution in [1.82, 2.24) is 9.55 Å². The van der Waals surface area contributed by atoms with Crippen LogP contribution in [0.4, 0.5) is 5.95 Å². The van der Waals surface area contributed by atoms with Gasteiger partial charge in [0.15, 0.2) is 0 Å². The molecular formula is C13H8Cl3N3. The molecule has 0 atom stereocenters. The number of nitrogen functional groups attached to an aromatic ring is 1. The highest BCUT2D eigenvalue weighted by Gasteiger charge is 2.11. The Bertz CT molecular complexity index is 780. The Hall–Kier alpha value is -1.42. The second-order valence-electron chi connectivity index (χ2n) is 4.04. The third-order valence-corrected chi connectivity index (χ3v) is 3.78. The largest absolute Gasteiger partial charge is 0.369 e. The monoisotopic (exact) mass is 311 g/mol. The summed E-state index contributed by atoms with van der Waals surface area (Å²) in [5.41, 5.74) is 8.35. The average molecular weight is 313 g/mol. The third kappa shape index (κ3) is 2.14. The fraction of sp³-hybridized carbons (Fsp3) is 0. The number of nitrogens with zero attached hydrogens (tertiary/aromatic N) is 2. The van der Waals surface area contributed by atoms with Crippen molar-refractivity contribution in [1.29, 1.82) is 0 Å². The second-order valence-corrected chi connectivity index (χ2v) is 5.29. The molecule has 1 heterocycles. The summed E-state index contributed by atoms with van der Waals surface area (Å²) in [5, 5.41) is 1.58. The Balaban J connectivity index is 2.29. The third-order valence-electron chi connectivity index (χ3n) is 2.80. The average Bonchev–Trinajstić information content (AvgIpc) is 2.68. The van der Waals surface area contributed by atoms with Crippen LogP contribution < -0.4 is 5.73 Å². The van der Waals surface area contributed by atoms with E-state index in [-0.39, 0.29) is 0 Å². The highest BCUT2D eigenvalue weighted by atomic mass is 35.5. The minimum atomic E-state index is 0.371. The van der Waals surface area contributed by atoms with E-state index in [2.05, 4.69) is 4.98 Å². The molecular weight excluding hydrogens is 305 g/mol. The molecule has 0 amide bonds. The molecule has 6 heteroatoms. The molecule has 3 rings (SSSR count). The number of halogens is 3. The molecule has 0 aliphatic carbocycles. The van der Waals surface area contributed by atoms with Gasteiger partial charge in [-0.3, -0.25) is 4.57 Å². The van der Waals surface area contributed by atoms with Crippen LogP contribution >= 0.6 is 34.8 Å². The molecule has 0 bridgehead atoms. The second kappa shape index (κ2) is 4.60. The van der Waals surface area contributed by atoms with E-state index in [4.69, 9.17) is 40.5 Å². The number of anilines is 1. The van der Waals surface area contributed by atoms with Gasteiger partial charge >= 0.3 is 0 Å². The van der Waals surface area contributed by atoms with Gasteiger partial charge in [0.05, 0.1) is 26.8 Å². The topological polar surface area (TPSA) is 43.8 Å². The summed E-state index contributed by atoms with van der Waals surface area (Å²) >= 11 is 17.9. The lowest BCUT2D eigenvalue weighted by atomic mass is 10.3. The Morgan fingerprint density at radius 2 is 1.74 bits per heavy atom. The van der Waals surface area contributed by atoms with Crippen LogP contribution in [0, 0.1) is 0 Å². The van der Waals surface area contributed by atoms with Gasteiger partial charge in [-0.2, -0.15) is 0 Å². The van der Waals surface area contributed by atoms with Gasteiger partial charge in [-0.25, -0.2) is 4.98 Å². The minimum absolute atomic E-state index is 0.371. The van der Waals surface area contributed by atoms with E-state index in [0.29, 0.717) is 21.0 Å². The predicted octanol–water partition coefficient (Wildman–Crippen LogP) is 4.57. The molecule has 0 saturated heterocycles. The quantitative estimate of drug-likeness (QED) is 0.715. The van der Waals surface area contributed by atoms with E-state index < -0.39 is 0 Å². The molecule has 0 radical (unpaired) electrons. The van der Waals surface area contributed by atoms with Crippen molar-refractivity contribution in [2.24, 2.45) is 0 Å². The molecule has 0 aliphatic heterocycles. The summed E-state index contributed by atoms with van der Waals surface area (Å²) in [6.07, 6.45) is 0. The molecule has 96 valence electrons. The Morgan fingerprint density at radius 1 is 0.947 bits per heavy atom. The van der Waals surface area contributed by atoms with Crippen molar-refractivity contribution < 1.29 is 0 Å². The van der Waals surface area contributed by atoms with Crippen molar-refractivity contribution in [3.63, 3.8) is 0 Å². The van der Waals surface area contributed by atoms with Crippen LogP contribution in [-0.2, 0) is 0 Å². The van der Waals surface area contributed by atoms with Crippen LogP contribution in [0.2, 0.25) is 15.1 Å². The zero-order valence-electron chi connectivity index (χ0n) is 9.57. The standard InChI is InChI=1S/C13H8Cl3N3/c14-7-1-4-12-11(5-7)18-13(17)19(12)8-2-3-9(15)10(16)6-8/h1-6H,(H2,17,18). The van der Waals surface area contributed by atoms with Crippen molar-refractivity contribution in [2.45, 2.75) is 0 Å². The summed E-state index contributed by atoms with van der Waals surface area (Å²) in [7, 11) is 0. The van der Waals surface area contributed by atoms with Crippen LogP contribution in [0.1, 0.15) is 0 Å². The maximum atomic E-state index is 6.03. The van der Waals surface area contributed by atoms with E-state index in [9.17, 15) is 0 Å². The predicted molar refractivity (Wildman–Crippen MR) is 80.5 cm³/mol. The number of nitrogens with two attached hydrogens (primary N) is 1. The first-order valence-corrected chi connectivity index (χ1v) is 6.58. The maximum absolute atomic E-state index is 6.03. The first-order chi connectivity index (χ1) is 9.06. The number of benzene rings is 2. The SMILES string of the molecule is Nc1nc2cc(Cl)ccc2n1-c1ccc(Cl)c(Cl)c1. The summed E-state index contributed by atoms with van der Waals surface area (Å²) in [5.74, 6) is 0.371. The smallest absolute Gasteiger partial charge is 0.205 e. The van der Waals surface area contributed by atoms with Gasteiger partial charge in [0.2, 0.25) is 5.95 Å². The van der Waals surface area contributed by atoms with Gasteiger partial charge in [-0.05, 0) is 36.4 Å². The molecule has 1 aromatic heterocycles. The maximum Gasteiger partial charge on any atom is 0.205 e. The summed E-state index contributed by atoms with van der Waals surface area (Å²) in [4.78, 5) is 4.28. The first kappa shape index (κ1) is 12.6. The van der Waals surface area contributed by atoms with Crippen molar-refractivity contribution in [3.05, 3.63) is 51.5 Å². The lowest BCUT2D eigenvalue weighted by Gasteiger charge is -2.07. The normalized spacial score (nSPS) is 11.1. The molecule has 0 saturated carbocycles. The molecule has 2 aromatic carbocycles. The molecule has 0 unspecified atom stereocenters. The van der Waals surface area contributed by atoms with Gasteiger partial charge in [-0.1, -0.05) is 34.8 Å². The molecule has 0 fully saturated rings. The number of rotatable bonds is 1. The summed E-state index contributed by atoms with van der Waals surface area (Å²) < 4.78 is 1.80. The van der Waals surface area contributed by atoms with Gasteiger partial charge in [0.25, 0.3) is 0 Å². The summed E-state index contributed by atoms with van der Waals surface area (Å²) in [6, 6.07) is 10.7. The number of hydrogen-bond acceptors (Lipinski definition) is 2. The fourth-order valence-electron chi connectivity index (χ4n) is 1.97. The van der Waals surface area contributed by atoms with Crippen LogP contribution in [0.5, 0.6) is 0 Å². The Labute approximate surface area is 124 Å². The Morgan fingerprint density at radius 3 is 2.47 bits per heavy atom. The van der Waals surface area contributed by atoms with E-state index >= 15 is 0 Å². The van der Waals surface area contributed by atoms with E-state index in [1.165, 1.54) is 0 Å². The number of aromatic nitrogens is 2. The number of imidazole rings is 1. The summed E-state index contributed by atoms with van der Waals surface area (Å²) in [6.45, 7) is 0. The molecule has 19 heavy (non-hydrogen) atoms. The van der Waals surface area contributed by atoms with Crippen LogP contribution in [-0.4, -0.2) is 9.55 Å². The van der Waals surface area contributed by atoms with Crippen LogP contribution in [0.25, 0.3) is 16.7 Å². The van der Waals surface area contributed by atoms with Crippen molar-refractivity contribution in [2.75, 3.05) is 5.73 Å². The highest BCUT2D eigenvalue weighted by Crippen LogP contribution is 2.29. The molecule has 3 aromatic rings. The first-order valence-electron chi connectivity index (χ1n) is 5.45. The fourth-order valence-corrected chi connectivity index (χ4v) is 2.43. The number of fused-ring (bicyclic) bond motifs is 1. The zero-order valence-corrected chi connectivity index (χ0v) is 11.8. The lowest BCUT2D eigenvalue weighted by molar-refractivity contribution is 1.11. The zero-order chi connectivity index (χ0) is 13.6. The van der Waals surface area contributed by atoms with Crippen molar-refractivity contribution in [3.8, 4) is 5.69 Å². The Kier molecular flexibility index (Phi) is 3.05. The van der Waals surface area contributed by atoms with Crippen LogP contribution in [0.3, 0.4) is 0 Å². The highest BCUT2D eigenvalue weighted by molar-refractivity contribution is 6.42. The van der Waals surface area contributed by atoms with Gasteiger partial charge in [0, 0.05) is 5.02 Å². The van der Waals surface area contributed by atoms with Gasteiger partial charge in [-0.15, -0.1) is 0 Å². The van der Waals surface area contributed by atoms with Crippen molar-refractivity contribution >= 4 is 51.8 Å². The molecule has 2 N–H and O–H groups in total. The molecule has 0 spiro atoms. The molecule has 3 nitrogen and oxygen atoms in total. The van der Waals surface area contributed by atoms with E-state index in [0.717, 1.165) is 16.7 Å².